The van der Waals surface area contributed by atoms with Crippen LogP contribution in [0.3, 0.4) is 0 Å². The lowest BCUT2D eigenvalue weighted by Gasteiger charge is -2.17. The van der Waals surface area contributed by atoms with E-state index in [2.05, 4.69) is 16.4 Å². The van der Waals surface area contributed by atoms with Crippen LogP contribution in [0.5, 0.6) is 0 Å². The van der Waals surface area contributed by atoms with Gasteiger partial charge in [0.25, 0.3) is 5.56 Å². The van der Waals surface area contributed by atoms with E-state index in [4.69, 9.17) is 4.98 Å². The average Bonchev–Trinajstić information content (AvgIpc) is 2.75. The van der Waals surface area contributed by atoms with Gasteiger partial charge in [-0.3, -0.25) is 9.36 Å². The van der Waals surface area contributed by atoms with E-state index in [9.17, 15) is 14.7 Å². The highest BCUT2D eigenvalue weighted by atomic mass is 16.4. The van der Waals surface area contributed by atoms with Crippen LogP contribution in [0.2, 0.25) is 0 Å². The Bertz CT molecular complexity index is 1230. The van der Waals surface area contributed by atoms with Crippen LogP contribution in [0.15, 0.2) is 41.3 Å². The Balaban J connectivity index is 1.80. The zero-order valence-electron chi connectivity index (χ0n) is 17.1. The van der Waals surface area contributed by atoms with Gasteiger partial charge in [0.2, 0.25) is 0 Å². The summed E-state index contributed by atoms with van der Waals surface area (Å²) in [7, 11) is 1.77. The first-order valence-electron chi connectivity index (χ1n) is 10.1. The first-order valence-corrected chi connectivity index (χ1v) is 10.1. The van der Waals surface area contributed by atoms with Crippen molar-refractivity contribution in [3.63, 3.8) is 0 Å². The van der Waals surface area contributed by atoms with Gasteiger partial charge >= 0.3 is 5.97 Å². The van der Waals surface area contributed by atoms with Crippen LogP contribution in [0.25, 0.3) is 16.5 Å². The molecule has 0 saturated heterocycles. The molecule has 0 unspecified atom stereocenters. The maximum absolute atomic E-state index is 13.1. The van der Waals surface area contributed by atoms with Gasteiger partial charge in [-0.1, -0.05) is 12.1 Å². The average molecular weight is 404 g/mol. The number of benzene rings is 1. The molecule has 154 valence electrons. The number of rotatable bonds is 5. The number of aromatic carboxylic acids is 1. The quantitative estimate of drug-likeness (QED) is 0.669. The number of aryl methyl sites for hydroxylation is 1. The number of pyridine rings is 1. The predicted octanol–water partition coefficient (Wildman–Crippen LogP) is 3.90. The molecule has 1 aliphatic carbocycles. The van der Waals surface area contributed by atoms with Gasteiger partial charge in [-0.25, -0.2) is 14.8 Å². The van der Waals surface area contributed by atoms with Gasteiger partial charge in [-0.15, -0.1) is 0 Å². The monoisotopic (exact) mass is 404 g/mol. The van der Waals surface area contributed by atoms with E-state index in [-0.39, 0.29) is 11.1 Å². The van der Waals surface area contributed by atoms with Crippen molar-refractivity contribution in [1.29, 1.82) is 0 Å². The molecule has 2 heterocycles. The Morgan fingerprint density at radius 2 is 2.13 bits per heavy atom. The minimum Gasteiger partial charge on any atom is -0.478 e. The molecule has 0 bridgehead atoms. The molecule has 7 nitrogen and oxygen atoms in total. The zero-order valence-corrected chi connectivity index (χ0v) is 17.1. The van der Waals surface area contributed by atoms with Crippen LogP contribution in [0.4, 0.5) is 5.82 Å². The third-order valence-electron chi connectivity index (χ3n) is 5.47. The van der Waals surface area contributed by atoms with Crippen molar-refractivity contribution >= 4 is 28.3 Å². The number of hydrogen-bond acceptors (Lipinski definition) is 5. The summed E-state index contributed by atoms with van der Waals surface area (Å²) in [5.41, 5.74) is 3.57. The molecule has 0 amide bonds. The molecule has 0 fully saturated rings. The summed E-state index contributed by atoms with van der Waals surface area (Å²) < 4.78 is 1.64. The maximum Gasteiger partial charge on any atom is 0.339 e. The van der Waals surface area contributed by atoms with Crippen molar-refractivity contribution < 1.29 is 9.90 Å². The molecular formula is C23H24N4O3. The van der Waals surface area contributed by atoms with Crippen molar-refractivity contribution in [2.45, 2.75) is 39.2 Å². The third-order valence-corrected chi connectivity index (χ3v) is 5.47. The molecule has 4 rings (SSSR count). The molecule has 0 spiro atoms. The molecule has 1 aromatic carbocycles. The highest BCUT2D eigenvalue weighted by Gasteiger charge is 2.17. The Morgan fingerprint density at radius 1 is 1.30 bits per heavy atom. The molecule has 0 atom stereocenters. The Morgan fingerprint density at radius 3 is 2.87 bits per heavy atom. The van der Waals surface area contributed by atoms with Crippen molar-refractivity contribution in [3.8, 4) is 0 Å². The first kappa shape index (κ1) is 19.8. The van der Waals surface area contributed by atoms with E-state index in [1.165, 1.54) is 6.07 Å². The predicted molar refractivity (Wildman–Crippen MR) is 117 cm³/mol. The molecule has 7 heteroatoms. The number of carbonyl (C=O) groups is 1. The normalized spacial score (nSPS) is 13.9. The number of fused-ring (bicyclic) bond motifs is 1. The Hall–Kier alpha value is -3.48. The van der Waals surface area contributed by atoms with Gasteiger partial charge in [0.1, 0.15) is 17.2 Å². The molecule has 1 aliphatic rings. The summed E-state index contributed by atoms with van der Waals surface area (Å²) in [6, 6.07) is 6.93. The van der Waals surface area contributed by atoms with Gasteiger partial charge in [0, 0.05) is 19.8 Å². The number of carboxylic acid groups (broad SMARTS) is 1. The summed E-state index contributed by atoms with van der Waals surface area (Å²) in [5, 5.41) is 13.1. The molecule has 3 aromatic rings. The number of carboxylic acids is 1. The number of nitrogens with zero attached hydrogens (tertiary/aromatic N) is 3. The number of nitrogens with one attached hydrogen (secondary N) is 1. The van der Waals surface area contributed by atoms with Gasteiger partial charge in [0.05, 0.1) is 10.9 Å². The second kappa shape index (κ2) is 8.10. The fourth-order valence-corrected chi connectivity index (χ4v) is 3.97. The van der Waals surface area contributed by atoms with E-state index in [1.807, 2.05) is 19.1 Å². The third kappa shape index (κ3) is 3.70. The summed E-state index contributed by atoms with van der Waals surface area (Å²) in [4.78, 5) is 33.6. The van der Waals surface area contributed by atoms with Crippen LogP contribution < -0.4 is 10.9 Å². The molecule has 2 N–H and O–H groups in total. The van der Waals surface area contributed by atoms with Crippen molar-refractivity contribution in [2.24, 2.45) is 7.05 Å². The molecular weight excluding hydrogens is 380 g/mol. The van der Waals surface area contributed by atoms with Gasteiger partial charge in [-0.2, -0.15) is 0 Å². The fraction of sp³-hybridized carbons (Fsp3) is 0.304. The van der Waals surface area contributed by atoms with Gasteiger partial charge < -0.3 is 10.4 Å². The van der Waals surface area contributed by atoms with E-state index in [0.29, 0.717) is 29.1 Å². The second-order valence-electron chi connectivity index (χ2n) is 7.65. The Labute approximate surface area is 174 Å². The number of hydrogen-bond donors (Lipinski definition) is 2. The van der Waals surface area contributed by atoms with E-state index in [1.54, 1.807) is 23.9 Å². The lowest BCUT2D eigenvalue weighted by molar-refractivity contribution is 0.0697. The molecule has 0 saturated carbocycles. The summed E-state index contributed by atoms with van der Waals surface area (Å²) >= 11 is 0. The van der Waals surface area contributed by atoms with Crippen molar-refractivity contribution in [3.05, 3.63) is 69.4 Å². The highest BCUT2D eigenvalue weighted by molar-refractivity contribution is 5.93. The minimum absolute atomic E-state index is 0.0736. The summed E-state index contributed by atoms with van der Waals surface area (Å²) in [6.07, 6.45) is 7.90. The Kier molecular flexibility index (Phi) is 5.35. The van der Waals surface area contributed by atoms with Crippen LogP contribution >= 0.6 is 0 Å². The highest BCUT2D eigenvalue weighted by Crippen LogP contribution is 2.27. The van der Waals surface area contributed by atoms with Crippen LogP contribution in [0.1, 0.15) is 53.0 Å². The van der Waals surface area contributed by atoms with Crippen LogP contribution in [0, 0.1) is 6.92 Å². The smallest absolute Gasteiger partial charge is 0.339 e. The lowest BCUT2D eigenvalue weighted by Crippen LogP contribution is -2.23. The SMILES string of the molecule is Cc1cc(CNc2ncccc2C(=O)O)c2nc(C3=CCCCC3)n(C)c(=O)c2c1. The van der Waals surface area contributed by atoms with Crippen LogP contribution in [-0.4, -0.2) is 25.6 Å². The molecule has 0 aliphatic heterocycles. The van der Waals surface area contributed by atoms with Crippen LogP contribution in [-0.2, 0) is 13.6 Å². The first-order chi connectivity index (χ1) is 14.5. The maximum atomic E-state index is 13.1. The number of anilines is 1. The second-order valence-corrected chi connectivity index (χ2v) is 7.65. The molecule has 0 radical (unpaired) electrons. The van der Waals surface area contributed by atoms with Crippen molar-refractivity contribution in [1.82, 2.24) is 14.5 Å². The van der Waals surface area contributed by atoms with Crippen molar-refractivity contribution in [2.75, 3.05) is 5.32 Å². The standard InChI is InChI=1S/C23H24N4O3/c1-14-11-16(13-25-20-17(23(29)30)9-6-10-24-20)19-18(12-14)22(28)27(2)21(26-19)15-7-4-3-5-8-15/h6-7,9-12H,3-5,8,13H2,1-2H3,(H,24,25)(H,29,30). The molecule has 30 heavy (non-hydrogen) atoms. The van der Waals surface area contributed by atoms with E-state index < -0.39 is 5.97 Å². The topological polar surface area (TPSA) is 97.1 Å². The largest absolute Gasteiger partial charge is 0.478 e. The summed E-state index contributed by atoms with van der Waals surface area (Å²) in [6.45, 7) is 2.25. The van der Waals surface area contributed by atoms with E-state index >= 15 is 0 Å². The van der Waals surface area contributed by atoms with E-state index in [0.717, 1.165) is 42.4 Å². The molecule has 2 aromatic heterocycles. The minimum atomic E-state index is -1.04. The van der Waals surface area contributed by atoms with Gasteiger partial charge in [-0.05, 0) is 67.5 Å². The summed E-state index contributed by atoms with van der Waals surface area (Å²) in [5.74, 6) is -0.0433. The number of allylic oxidation sites excluding steroid dienone is 2. The number of aromatic nitrogens is 3. The lowest BCUT2D eigenvalue weighted by atomic mass is 9.98. The zero-order chi connectivity index (χ0) is 21.3. The fourth-order valence-electron chi connectivity index (χ4n) is 3.97. The van der Waals surface area contributed by atoms with Gasteiger partial charge in [0.15, 0.2) is 0 Å².